The third-order valence-electron chi connectivity index (χ3n) is 3.57. The average molecular weight is 371 g/mol. The van der Waals surface area contributed by atoms with Gasteiger partial charge in [0.1, 0.15) is 0 Å². The highest BCUT2D eigenvalue weighted by Gasteiger charge is 2.23. The van der Waals surface area contributed by atoms with Gasteiger partial charge in [-0.15, -0.1) is 0 Å². The Bertz CT molecular complexity index is 480. The summed E-state index contributed by atoms with van der Waals surface area (Å²) in [5, 5.41) is 0.297. The standard InChI is InChI=1S/C18H30O4SSi/c1-21-18(20)10-8-6-5-7-9-15-13-16(14-17(15)19)23-12-11-22-24(2,3)4/h5,7,13,16H,6,8-12,14H2,1-4H3/b7-5-. The van der Waals surface area contributed by atoms with Gasteiger partial charge in [0, 0.05) is 30.5 Å². The lowest BCUT2D eigenvalue weighted by Crippen LogP contribution is -2.26. The molecule has 0 saturated carbocycles. The Morgan fingerprint density at radius 3 is 2.79 bits per heavy atom. The number of esters is 1. The Hall–Kier alpha value is -0.853. The largest absolute Gasteiger partial charge is 0.469 e. The summed E-state index contributed by atoms with van der Waals surface area (Å²) in [6, 6.07) is 0. The Morgan fingerprint density at radius 2 is 2.12 bits per heavy atom. The van der Waals surface area contributed by atoms with Gasteiger partial charge in [-0.05, 0) is 44.5 Å². The van der Waals surface area contributed by atoms with Crippen molar-refractivity contribution in [2.75, 3.05) is 19.5 Å². The van der Waals surface area contributed by atoms with Crippen LogP contribution in [0.4, 0.5) is 0 Å². The van der Waals surface area contributed by atoms with Gasteiger partial charge in [-0.25, -0.2) is 0 Å². The molecule has 0 aromatic carbocycles. The molecule has 1 unspecified atom stereocenters. The molecule has 0 spiro atoms. The summed E-state index contributed by atoms with van der Waals surface area (Å²) >= 11 is 1.81. The molecule has 0 heterocycles. The maximum absolute atomic E-state index is 12.0. The van der Waals surface area contributed by atoms with E-state index in [4.69, 9.17) is 4.43 Å². The summed E-state index contributed by atoms with van der Waals surface area (Å²) in [6.45, 7) is 7.33. The van der Waals surface area contributed by atoms with Crippen LogP contribution in [0.5, 0.6) is 0 Å². The van der Waals surface area contributed by atoms with Crippen LogP contribution >= 0.6 is 11.8 Å². The molecule has 136 valence electrons. The normalized spacial score (nSPS) is 18.2. The first-order valence-corrected chi connectivity index (χ1v) is 13.0. The Balaban J connectivity index is 2.23. The molecule has 0 aromatic heterocycles. The average Bonchev–Trinajstić information content (AvgIpc) is 2.86. The molecule has 0 radical (unpaired) electrons. The van der Waals surface area contributed by atoms with Crippen LogP contribution in [0.15, 0.2) is 23.8 Å². The van der Waals surface area contributed by atoms with Crippen LogP contribution < -0.4 is 0 Å². The number of hydrogen-bond acceptors (Lipinski definition) is 5. The third kappa shape index (κ3) is 9.44. The Labute approximate surface area is 151 Å². The molecule has 0 N–H and O–H groups in total. The van der Waals surface area contributed by atoms with E-state index in [-0.39, 0.29) is 11.8 Å². The van der Waals surface area contributed by atoms with E-state index < -0.39 is 8.32 Å². The molecule has 1 aliphatic carbocycles. The number of rotatable bonds is 11. The van der Waals surface area contributed by atoms with Crippen molar-refractivity contribution in [2.24, 2.45) is 0 Å². The minimum absolute atomic E-state index is 0.171. The number of ketones is 1. The zero-order valence-corrected chi connectivity index (χ0v) is 17.1. The zero-order valence-electron chi connectivity index (χ0n) is 15.3. The molecule has 0 aliphatic heterocycles. The van der Waals surface area contributed by atoms with E-state index in [1.165, 1.54) is 7.11 Å². The topological polar surface area (TPSA) is 52.6 Å². The highest BCUT2D eigenvalue weighted by Crippen LogP contribution is 2.28. The number of carbonyl (C=O) groups excluding carboxylic acids is 2. The second-order valence-corrected chi connectivity index (χ2v) is 12.7. The van der Waals surface area contributed by atoms with E-state index >= 15 is 0 Å². The van der Waals surface area contributed by atoms with Crippen LogP contribution in [0.2, 0.25) is 19.6 Å². The van der Waals surface area contributed by atoms with Gasteiger partial charge in [-0.1, -0.05) is 18.2 Å². The van der Waals surface area contributed by atoms with E-state index in [0.717, 1.165) is 30.8 Å². The van der Waals surface area contributed by atoms with Crippen molar-refractivity contribution in [3.8, 4) is 0 Å². The number of Topliss-reactive ketones (excluding diaryl/α,β-unsaturated/α-hetero) is 1. The lowest BCUT2D eigenvalue weighted by atomic mass is 10.1. The van der Waals surface area contributed by atoms with Crippen LogP contribution in [0, 0.1) is 0 Å². The maximum Gasteiger partial charge on any atom is 0.305 e. The molecule has 24 heavy (non-hydrogen) atoms. The minimum Gasteiger partial charge on any atom is -0.469 e. The molecule has 0 aromatic rings. The molecular weight excluding hydrogens is 340 g/mol. The quantitative estimate of drug-likeness (QED) is 0.237. The number of carbonyl (C=O) groups is 2. The fraction of sp³-hybridized carbons (Fsp3) is 0.667. The van der Waals surface area contributed by atoms with Crippen LogP contribution in [0.3, 0.4) is 0 Å². The minimum atomic E-state index is -1.43. The van der Waals surface area contributed by atoms with Crippen molar-refractivity contribution in [1.82, 2.24) is 0 Å². The van der Waals surface area contributed by atoms with Gasteiger partial charge >= 0.3 is 5.97 Å². The fourth-order valence-electron chi connectivity index (χ4n) is 2.32. The van der Waals surface area contributed by atoms with Gasteiger partial charge in [0.25, 0.3) is 0 Å². The smallest absolute Gasteiger partial charge is 0.305 e. The first-order valence-electron chi connectivity index (χ1n) is 8.53. The van der Waals surface area contributed by atoms with Crippen molar-refractivity contribution in [2.45, 2.75) is 57.0 Å². The van der Waals surface area contributed by atoms with Gasteiger partial charge in [-0.2, -0.15) is 11.8 Å². The molecule has 0 bridgehead atoms. The van der Waals surface area contributed by atoms with Crippen molar-refractivity contribution < 1.29 is 18.8 Å². The highest BCUT2D eigenvalue weighted by molar-refractivity contribution is 8.00. The van der Waals surface area contributed by atoms with E-state index in [9.17, 15) is 9.59 Å². The first kappa shape index (κ1) is 21.2. The molecule has 0 saturated heterocycles. The molecule has 4 nitrogen and oxygen atoms in total. The van der Waals surface area contributed by atoms with Gasteiger partial charge in [0.2, 0.25) is 0 Å². The summed E-state index contributed by atoms with van der Waals surface area (Å²) in [5.41, 5.74) is 0.919. The molecular formula is C18H30O4SSi. The lowest BCUT2D eigenvalue weighted by Gasteiger charge is -2.17. The van der Waals surface area contributed by atoms with Crippen molar-refractivity contribution >= 4 is 31.8 Å². The number of hydrogen-bond donors (Lipinski definition) is 0. The Morgan fingerprint density at radius 1 is 1.38 bits per heavy atom. The second-order valence-electron chi connectivity index (χ2n) is 6.83. The lowest BCUT2D eigenvalue weighted by molar-refractivity contribution is -0.140. The number of thioether (sulfide) groups is 1. The van der Waals surface area contributed by atoms with Crippen LogP contribution in [-0.2, 0) is 18.8 Å². The van der Waals surface area contributed by atoms with Gasteiger partial charge < -0.3 is 9.16 Å². The van der Waals surface area contributed by atoms with Crippen LogP contribution in [-0.4, -0.2) is 44.8 Å². The maximum atomic E-state index is 12.0. The molecule has 1 aliphatic rings. The number of unbranched alkanes of at least 4 members (excludes halogenated alkanes) is 1. The van der Waals surface area contributed by atoms with Crippen molar-refractivity contribution in [3.63, 3.8) is 0 Å². The summed E-state index contributed by atoms with van der Waals surface area (Å²) in [5.74, 6) is 1.03. The SMILES string of the molecule is COC(=O)CCC/C=C\CC1=CC(SCCO[Si](C)(C)C)CC1=O. The molecule has 1 rings (SSSR count). The highest BCUT2D eigenvalue weighted by atomic mass is 32.2. The predicted octanol–water partition coefficient (Wildman–Crippen LogP) is 4.13. The van der Waals surface area contributed by atoms with Crippen LogP contribution in [0.25, 0.3) is 0 Å². The van der Waals surface area contributed by atoms with E-state index in [1.807, 2.05) is 23.9 Å². The molecule has 1 atom stereocenters. The van der Waals surface area contributed by atoms with Crippen LogP contribution in [0.1, 0.15) is 32.1 Å². The van der Waals surface area contributed by atoms with Crippen molar-refractivity contribution in [1.29, 1.82) is 0 Å². The van der Waals surface area contributed by atoms with Crippen molar-refractivity contribution in [3.05, 3.63) is 23.8 Å². The number of ether oxygens (including phenoxy) is 1. The summed E-state index contributed by atoms with van der Waals surface area (Å²) < 4.78 is 10.4. The van der Waals surface area contributed by atoms with E-state index in [0.29, 0.717) is 24.5 Å². The molecule has 0 amide bonds. The number of allylic oxidation sites excluding steroid dienone is 3. The summed E-state index contributed by atoms with van der Waals surface area (Å²) in [7, 11) is -0.0285. The first-order chi connectivity index (χ1) is 11.3. The van der Waals surface area contributed by atoms with Gasteiger partial charge in [0.15, 0.2) is 14.1 Å². The predicted molar refractivity (Wildman–Crippen MR) is 103 cm³/mol. The Kier molecular flexibility index (Phi) is 9.62. The molecule has 6 heteroatoms. The fourth-order valence-corrected chi connectivity index (χ4v) is 4.20. The summed E-state index contributed by atoms with van der Waals surface area (Å²) in [4.78, 5) is 23.0. The van der Waals surface area contributed by atoms with Gasteiger partial charge in [0.05, 0.1) is 7.11 Å². The second kappa shape index (κ2) is 10.9. The summed E-state index contributed by atoms with van der Waals surface area (Å²) in [6.07, 6.45) is 9.56. The monoisotopic (exact) mass is 370 g/mol. The van der Waals surface area contributed by atoms with E-state index in [1.54, 1.807) is 0 Å². The molecule has 0 fully saturated rings. The zero-order chi connectivity index (χ0) is 18.0. The third-order valence-corrected chi connectivity index (χ3v) is 5.77. The van der Waals surface area contributed by atoms with E-state index in [2.05, 4.69) is 30.5 Å². The van der Waals surface area contributed by atoms with Gasteiger partial charge in [-0.3, -0.25) is 9.59 Å². The number of methoxy groups -OCH3 is 1.